The van der Waals surface area contributed by atoms with Crippen LogP contribution in [0.5, 0.6) is 0 Å². The van der Waals surface area contributed by atoms with E-state index in [4.69, 9.17) is 11.6 Å². The van der Waals surface area contributed by atoms with Crippen molar-refractivity contribution in [1.82, 2.24) is 25.3 Å². The van der Waals surface area contributed by atoms with Gasteiger partial charge in [-0.1, -0.05) is 28.9 Å². The Morgan fingerprint density at radius 3 is 2.79 bits per heavy atom. The Balaban J connectivity index is 1.38. The molecule has 0 saturated carbocycles. The highest BCUT2D eigenvalue weighted by atomic mass is 35.5. The van der Waals surface area contributed by atoms with Crippen LogP contribution in [-0.2, 0) is 26.9 Å². The van der Waals surface area contributed by atoms with Gasteiger partial charge in [-0.2, -0.15) is 0 Å². The fraction of sp³-hybridized carbons (Fsp3) is 0.185. The largest absolute Gasteiger partial charge is 0.358 e. The minimum Gasteiger partial charge on any atom is -0.358 e. The fourth-order valence-electron chi connectivity index (χ4n) is 4.38. The summed E-state index contributed by atoms with van der Waals surface area (Å²) < 4.78 is 28.0. The van der Waals surface area contributed by atoms with Gasteiger partial charge in [-0.3, -0.25) is 14.3 Å². The molecule has 0 spiro atoms. The van der Waals surface area contributed by atoms with E-state index in [-0.39, 0.29) is 28.0 Å². The lowest BCUT2D eigenvalue weighted by atomic mass is 10.0. The van der Waals surface area contributed by atoms with E-state index in [1.165, 1.54) is 12.1 Å². The number of carbonyl (C=O) groups excluding carboxylic acids is 2. The summed E-state index contributed by atoms with van der Waals surface area (Å²) in [4.78, 5) is 29.0. The van der Waals surface area contributed by atoms with Gasteiger partial charge in [0, 0.05) is 41.3 Å². The standard InChI is InChI=1S/C27H25ClN6O4S/c1-17-12-23(26(35)29-8-3-10-34-11-9-30-33-34)25(31-17)15-22-21-14-20(6-7-24(21)32-27(22)36)39(37,38)16-18-4-2-5-19(28)13-18/h2,4-7,9,11-15,31H,3,8,10,16H2,1H3,(H,29,35)(H,32,36)/b22-15-. The first-order chi connectivity index (χ1) is 18.7. The number of rotatable bonds is 9. The van der Waals surface area contributed by atoms with Crippen LogP contribution in [0.2, 0.25) is 5.02 Å². The summed E-state index contributed by atoms with van der Waals surface area (Å²) in [5, 5.41) is 13.8. The minimum atomic E-state index is -3.72. The minimum absolute atomic E-state index is 0.0802. The monoisotopic (exact) mass is 564 g/mol. The Morgan fingerprint density at radius 2 is 2.03 bits per heavy atom. The molecule has 12 heteroatoms. The molecule has 0 radical (unpaired) electrons. The van der Waals surface area contributed by atoms with Gasteiger partial charge in [0.2, 0.25) is 0 Å². The first-order valence-corrected chi connectivity index (χ1v) is 14.2. The molecule has 5 rings (SSSR count). The second kappa shape index (κ2) is 10.9. The van der Waals surface area contributed by atoms with Crippen molar-refractivity contribution in [2.45, 2.75) is 30.5 Å². The number of amides is 2. The van der Waals surface area contributed by atoms with E-state index in [0.717, 1.165) is 5.69 Å². The zero-order chi connectivity index (χ0) is 27.6. The van der Waals surface area contributed by atoms with Crippen molar-refractivity contribution in [2.24, 2.45) is 0 Å². The Morgan fingerprint density at radius 1 is 1.18 bits per heavy atom. The number of sulfone groups is 1. The number of aryl methyl sites for hydroxylation is 2. The molecule has 3 N–H and O–H groups in total. The topological polar surface area (TPSA) is 139 Å². The van der Waals surface area contributed by atoms with Crippen LogP contribution in [-0.4, -0.2) is 46.8 Å². The molecule has 1 aliphatic heterocycles. The second-order valence-electron chi connectivity index (χ2n) is 9.16. The molecule has 0 atom stereocenters. The average molecular weight is 565 g/mol. The molecule has 39 heavy (non-hydrogen) atoms. The number of benzene rings is 2. The molecule has 2 amide bonds. The molecule has 0 aliphatic carbocycles. The van der Waals surface area contributed by atoms with Crippen LogP contribution in [0, 0.1) is 6.92 Å². The molecule has 3 heterocycles. The van der Waals surface area contributed by atoms with Gasteiger partial charge in [0.15, 0.2) is 9.84 Å². The maximum absolute atomic E-state index is 13.2. The van der Waals surface area contributed by atoms with E-state index in [9.17, 15) is 18.0 Å². The van der Waals surface area contributed by atoms with E-state index in [2.05, 4.69) is 25.9 Å². The fourth-order valence-corrected chi connectivity index (χ4v) is 5.95. The van der Waals surface area contributed by atoms with Crippen molar-refractivity contribution in [2.75, 3.05) is 11.9 Å². The van der Waals surface area contributed by atoms with Crippen LogP contribution in [0.25, 0.3) is 11.6 Å². The number of halogens is 1. The quantitative estimate of drug-likeness (QED) is 0.208. The van der Waals surface area contributed by atoms with Gasteiger partial charge in [-0.25, -0.2) is 8.42 Å². The van der Waals surface area contributed by atoms with E-state index >= 15 is 0 Å². The number of H-pyrrole nitrogens is 1. The summed E-state index contributed by atoms with van der Waals surface area (Å²) in [5.41, 5.74) is 3.33. The van der Waals surface area contributed by atoms with Crippen molar-refractivity contribution in [3.63, 3.8) is 0 Å². The summed E-state index contributed by atoms with van der Waals surface area (Å²) in [7, 11) is -3.72. The van der Waals surface area contributed by atoms with Crippen molar-refractivity contribution in [3.8, 4) is 0 Å². The molecular formula is C27H25ClN6O4S. The third-order valence-electron chi connectivity index (χ3n) is 6.22. The van der Waals surface area contributed by atoms with Crippen LogP contribution in [0.15, 0.2) is 65.8 Å². The number of aromatic amines is 1. The summed E-state index contributed by atoms with van der Waals surface area (Å²) in [5.74, 6) is -0.911. The second-order valence-corrected chi connectivity index (χ2v) is 11.6. The van der Waals surface area contributed by atoms with Gasteiger partial charge in [0.05, 0.1) is 33.7 Å². The van der Waals surface area contributed by atoms with E-state index < -0.39 is 9.84 Å². The lowest BCUT2D eigenvalue weighted by Crippen LogP contribution is -2.25. The highest BCUT2D eigenvalue weighted by Gasteiger charge is 2.28. The summed E-state index contributed by atoms with van der Waals surface area (Å²) in [6.45, 7) is 2.85. The summed E-state index contributed by atoms with van der Waals surface area (Å²) in [6, 6.07) is 12.9. The predicted molar refractivity (Wildman–Crippen MR) is 148 cm³/mol. The Labute approximate surface area is 230 Å². The normalized spacial score (nSPS) is 13.9. The molecule has 0 fully saturated rings. The zero-order valence-corrected chi connectivity index (χ0v) is 22.5. The highest BCUT2D eigenvalue weighted by Crippen LogP contribution is 2.36. The number of nitrogens with one attached hydrogen (secondary N) is 3. The predicted octanol–water partition coefficient (Wildman–Crippen LogP) is 3.85. The SMILES string of the molecule is Cc1cc(C(=O)NCCCn2ccnn2)c(/C=C2\C(=O)Nc3ccc(S(=O)(=O)Cc4cccc(Cl)c4)cc32)[nH]1. The smallest absolute Gasteiger partial charge is 0.256 e. The molecule has 2 aromatic carbocycles. The van der Waals surface area contributed by atoms with Gasteiger partial charge in [0.25, 0.3) is 11.8 Å². The van der Waals surface area contributed by atoms with Crippen molar-refractivity contribution in [1.29, 1.82) is 0 Å². The van der Waals surface area contributed by atoms with Crippen LogP contribution in [0.1, 0.15) is 39.3 Å². The van der Waals surface area contributed by atoms with E-state index in [0.29, 0.717) is 52.6 Å². The number of anilines is 1. The van der Waals surface area contributed by atoms with Crippen LogP contribution in [0.4, 0.5) is 5.69 Å². The number of fused-ring (bicyclic) bond motifs is 1. The third-order valence-corrected chi connectivity index (χ3v) is 8.14. The van der Waals surface area contributed by atoms with Gasteiger partial charge in [0.1, 0.15) is 0 Å². The third kappa shape index (κ3) is 5.94. The molecule has 4 aromatic rings. The van der Waals surface area contributed by atoms with Gasteiger partial charge in [-0.05, 0) is 61.4 Å². The summed E-state index contributed by atoms with van der Waals surface area (Å²) >= 11 is 6.02. The number of hydrogen-bond donors (Lipinski definition) is 3. The van der Waals surface area contributed by atoms with Crippen molar-refractivity contribution >= 4 is 50.6 Å². The summed E-state index contributed by atoms with van der Waals surface area (Å²) in [6.07, 6.45) is 5.58. The van der Waals surface area contributed by atoms with Gasteiger partial charge in [-0.15, -0.1) is 5.10 Å². The highest BCUT2D eigenvalue weighted by molar-refractivity contribution is 7.90. The first kappa shape index (κ1) is 26.4. The van der Waals surface area contributed by atoms with Crippen LogP contribution >= 0.6 is 11.6 Å². The number of hydrogen-bond acceptors (Lipinski definition) is 6. The number of carbonyl (C=O) groups is 2. The first-order valence-electron chi connectivity index (χ1n) is 12.2. The average Bonchev–Trinajstić information content (AvgIpc) is 3.61. The van der Waals surface area contributed by atoms with Crippen LogP contribution in [0.3, 0.4) is 0 Å². The maximum Gasteiger partial charge on any atom is 0.256 e. The maximum atomic E-state index is 13.2. The molecule has 0 saturated heterocycles. The Bertz CT molecular complexity index is 1690. The molecule has 2 aromatic heterocycles. The molecule has 0 bridgehead atoms. The van der Waals surface area contributed by atoms with Gasteiger partial charge >= 0.3 is 0 Å². The molecular weight excluding hydrogens is 540 g/mol. The van der Waals surface area contributed by atoms with Crippen molar-refractivity contribution in [3.05, 3.63) is 94.0 Å². The van der Waals surface area contributed by atoms with E-state index in [1.54, 1.807) is 59.5 Å². The Kier molecular flexibility index (Phi) is 7.36. The van der Waals surface area contributed by atoms with Gasteiger partial charge < -0.3 is 15.6 Å². The van der Waals surface area contributed by atoms with Crippen molar-refractivity contribution < 1.29 is 18.0 Å². The van der Waals surface area contributed by atoms with E-state index in [1.807, 2.05) is 6.92 Å². The lowest BCUT2D eigenvalue weighted by molar-refractivity contribution is -0.110. The molecule has 1 aliphatic rings. The zero-order valence-electron chi connectivity index (χ0n) is 20.9. The number of aromatic nitrogens is 4. The Hall–Kier alpha value is -4.22. The number of nitrogens with zero attached hydrogens (tertiary/aromatic N) is 3. The molecule has 200 valence electrons. The molecule has 10 nitrogen and oxygen atoms in total. The molecule has 0 unspecified atom stereocenters. The lowest BCUT2D eigenvalue weighted by Gasteiger charge is -2.08. The van der Waals surface area contributed by atoms with Crippen LogP contribution < -0.4 is 10.6 Å².